The van der Waals surface area contributed by atoms with Gasteiger partial charge in [-0.05, 0) is 0 Å². The molecule has 0 aliphatic rings. The number of rotatable bonds is 7. The van der Waals surface area contributed by atoms with Crippen LogP contribution in [0, 0.1) is 0 Å². The zero-order valence-corrected chi connectivity index (χ0v) is 11.9. The number of aromatic amines is 1. The molecule has 2 aromatic rings. The number of hydrogen-bond acceptors (Lipinski definition) is 8. The number of phosphoric ester groups is 1. The van der Waals surface area contributed by atoms with Crippen LogP contribution in [0.1, 0.15) is 0 Å². The van der Waals surface area contributed by atoms with Gasteiger partial charge >= 0.3 is 7.82 Å². The minimum atomic E-state index is -4.00. The summed E-state index contributed by atoms with van der Waals surface area (Å²) < 4.78 is 26.5. The van der Waals surface area contributed by atoms with Gasteiger partial charge in [0.1, 0.15) is 6.73 Å². The van der Waals surface area contributed by atoms with Crippen molar-refractivity contribution in [3.63, 3.8) is 0 Å². The Morgan fingerprint density at radius 3 is 3.00 bits per heavy atom. The third kappa shape index (κ3) is 3.86. The summed E-state index contributed by atoms with van der Waals surface area (Å²) in [7, 11) is -2.94. The number of phosphoric acid groups is 1. The van der Waals surface area contributed by atoms with Crippen LogP contribution in [0.2, 0.25) is 0 Å². The average molecular weight is 319 g/mol. The van der Waals surface area contributed by atoms with Crippen LogP contribution >= 0.6 is 7.82 Å². The van der Waals surface area contributed by atoms with E-state index in [1.165, 1.54) is 10.9 Å². The Morgan fingerprint density at radius 1 is 1.52 bits per heavy atom. The monoisotopic (exact) mass is 319 g/mol. The summed E-state index contributed by atoms with van der Waals surface area (Å²) in [4.78, 5) is 30.7. The number of nitrogens with zero attached hydrogens (tertiary/aromatic N) is 3. The number of fused-ring (bicyclic) bond motifs is 1. The Kier molecular flexibility index (Phi) is 4.70. The van der Waals surface area contributed by atoms with E-state index in [0.29, 0.717) is 0 Å². The molecule has 0 saturated heterocycles. The van der Waals surface area contributed by atoms with E-state index in [2.05, 4.69) is 24.0 Å². The molecule has 21 heavy (non-hydrogen) atoms. The molecule has 0 aliphatic carbocycles. The first-order valence-corrected chi connectivity index (χ1v) is 7.24. The van der Waals surface area contributed by atoms with Gasteiger partial charge in [-0.3, -0.25) is 23.4 Å². The molecule has 116 valence electrons. The Bertz CT molecular complexity index is 727. The molecule has 11 nitrogen and oxygen atoms in total. The van der Waals surface area contributed by atoms with Crippen molar-refractivity contribution in [1.29, 1.82) is 0 Å². The van der Waals surface area contributed by atoms with Gasteiger partial charge in [-0.25, -0.2) is 9.55 Å². The van der Waals surface area contributed by atoms with E-state index in [-0.39, 0.29) is 37.1 Å². The van der Waals surface area contributed by atoms with Gasteiger partial charge in [-0.2, -0.15) is 4.98 Å². The van der Waals surface area contributed by atoms with Crippen molar-refractivity contribution in [1.82, 2.24) is 19.5 Å². The highest BCUT2D eigenvalue weighted by atomic mass is 31.2. The number of nitrogens with one attached hydrogen (secondary N) is 1. The number of nitrogen functional groups attached to an aromatic ring is 1. The van der Waals surface area contributed by atoms with Crippen molar-refractivity contribution in [2.45, 2.75) is 6.73 Å². The molecule has 0 bridgehead atoms. The first-order valence-electron chi connectivity index (χ1n) is 5.74. The highest BCUT2D eigenvalue weighted by Crippen LogP contribution is 2.41. The van der Waals surface area contributed by atoms with Crippen LogP contribution in [0.25, 0.3) is 11.2 Å². The van der Waals surface area contributed by atoms with Gasteiger partial charge in [0.25, 0.3) is 5.56 Å². The van der Waals surface area contributed by atoms with Crippen LogP contribution in [-0.2, 0) is 25.1 Å². The van der Waals surface area contributed by atoms with Gasteiger partial charge in [0.2, 0.25) is 5.95 Å². The molecule has 0 fully saturated rings. The van der Waals surface area contributed by atoms with Crippen LogP contribution in [0.3, 0.4) is 0 Å². The predicted molar refractivity (Wildman–Crippen MR) is 71.3 cm³/mol. The molecule has 4 N–H and O–H groups in total. The van der Waals surface area contributed by atoms with Crippen molar-refractivity contribution < 1.29 is 23.2 Å². The molecule has 0 aromatic carbocycles. The second kappa shape index (κ2) is 6.33. The lowest BCUT2D eigenvalue weighted by atomic mass is 10.5. The maximum absolute atomic E-state index is 11.5. The van der Waals surface area contributed by atoms with E-state index in [1.807, 2.05) is 0 Å². The third-order valence-electron chi connectivity index (χ3n) is 2.44. The van der Waals surface area contributed by atoms with Gasteiger partial charge in [0.05, 0.1) is 19.5 Å². The summed E-state index contributed by atoms with van der Waals surface area (Å²) in [5.41, 5.74) is 5.43. The highest BCUT2D eigenvalue weighted by molar-refractivity contribution is 7.47. The number of aromatic nitrogens is 4. The molecular weight excluding hydrogens is 305 g/mol. The van der Waals surface area contributed by atoms with Crippen molar-refractivity contribution in [2.75, 3.05) is 26.1 Å². The predicted octanol–water partition coefficient (Wildman–Crippen LogP) is -0.561. The molecule has 0 amide bonds. The molecule has 1 atom stereocenters. The lowest BCUT2D eigenvalue weighted by molar-refractivity contribution is 0.0454. The first kappa shape index (κ1) is 15.6. The minimum Gasteiger partial charge on any atom is -0.369 e. The number of H-pyrrole nitrogens is 1. The van der Waals surface area contributed by atoms with Gasteiger partial charge in [-0.15, -0.1) is 0 Å². The van der Waals surface area contributed by atoms with E-state index in [1.54, 1.807) is 0 Å². The standard InChI is InChI=1S/C9H14N5O6P/c1-18-21(16,17)20-3-2-19-5-14-4-11-6-7(14)12-9(10)13-8(6)15/h4H,2-3,5H2,1H3,(H,16,17)(H3,10,12,13,15). The van der Waals surface area contributed by atoms with Gasteiger partial charge < -0.3 is 15.4 Å². The smallest absolute Gasteiger partial charge is 0.369 e. The van der Waals surface area contributed by atoms with Gasteiger partial charge in [0.15, 0.2) is 11.2 Å². The summed E-state index contributed by atoms with van der Waals surface area (Å²) in [5.74, 6) is -0.0288. The molecule has 0 spiro atoms. The Morgan fingerprint density at radius 2 is 2.29 bits per heavy atom. The van der Waals surface area contributed by atoms with Gasteiger partial charge in [-0.1, -0.05) is 0 Å². The van der Waals surface area contributed by atoms with Crippen molar-refractivity contribution in [2.24, 2.45) is 0 Å². The number of imidazole rings is 1. The fraction of sp³-hybridized carbons (Fsp3) is 0.444. The zero-order chi connectivity index (χ0) is 15.5. The maximum Gasteiger partial charge on any atom is 0.471 e. The summed E-state index contributed by atoms with van der Waals surface area (Å²) in [6.45, 7) is -0.0743. The normalized spacial score (nSPS) is 14.4. The van der Waals surface area contributed by atoms with E-state index in [0.717, 1.165) is 7.11 Å². The quantitative estimate of drug-likeness (QED) is 0.449. The van der Waals surface area contributed by atoms with E-state index in [9.17, 15) is 9.36 Å². The summed E-state index contributed by atoms with van der Waals surface area (Å²) in [5, 5.41) is 0. The third-order valence-corrected chi connectivity index (χ3v) is 3.41. The average Bonchev–Trinajstić information content (AvgIpc) is 2.82. The minimum absolute atomic E-state index is 0.0263. The Labute approximate surface area is 118 Å². The van der Waals surface area contributed by atoms with Crippen LogP contribution in [0.15, 0.2) is 11.1 Å². The molecule has 0 saturated carbocycles. The molecule has 12 heteroatoms. The molecule has 2 rings (SSSR count). The maximum atomic E-state index is 11.5. The lowest BCUT2D eigenvalue weighted by Crippen LogP contribution is -2.13. The van der Waals surface area contributed by atoms with E-state index < -0.39 is 13.4 Å². The summed E-state index contributed by atoms with van der Waals surface area (Å²) in [6, 6.07) is 0. The SMILES string of the molecule is COP(=O)(O)OCCOCn1cnc2c(=O)[nH]c(N)nc21. The summed E-state index contributed by atoms with van der Waals surface area (Å²) in [6.07, 6.45) is 1.37. The van der Waals surface area contributed by atoms with E-state index in [4.69, 9.17) is 15.4 Å². The van der Waals surface area contributed by atoms with Crippen molar-refractivity contribution in [3.8, 4) is 0 Å². The largest absolute Gasteiger partial charge is 0.471 e. The van der Waals surface area contributed by atoms with Crippen LogP contribution in [0.5, 0.6) is 0 Å². The highest BCUT2D eigenvalue weighted by Gasteiger charge is 2.17. The molecule has 0 radical (unpaired) electrons. The fourth-order valence-electron chi connectivity index (χ4n) is 1.49. The zero-order valence-electron chi connectivity index (χ0n) is 11.1. The Balaban J connectivity index is 1.93. The van der Waals surface area contributed by atoms with Crippen LogP contribution in [0.4, 0.5) is 5.95 Å². The number of hydrogen-bond donors (Lipinski definition) is 3. The number of ether oxygens (including phenoxy) is 1. The molecule has 1 unspecified atom stereocenters. The Hall–Kier alpha value is -1.78. The molecule has 2 aromatic heterocycles. The first-order chi connectivity index (χ1) is 9.93. The summed E-state index contributed by atoms with van der Waals surface area (Å²) >= 11 is 0. The molecule has 2 heterocycles. The topological polar surface area (TPSA) is 155 Å². The molecule has 0 aliphatic heterocycles. The van der Waals surface area contributed by atoms with Gasteiger partial charge in [0, 0.05) is 7.11 Å². The lowest BCUT2D eigenvalue weighted by Gasteiger charge is -2.09. The van der Waals surface area contributed by atoms with Crippen molar-refractivity contribution >= 4 is 24.9 Å². The van der Waals surface area contributed by atoms with Crippen molar-refractivity contribution in [3.05, 3.63) is 16.7 Å². The van der Waals surface area contributed by atoms with Crippen LogP contribution in [-0.4, -0.2) is 44.7 Å². The number of nitrogens with two attached hydrogens (primary N) is 1. The van der Waals surface area contributed by atoms with Crippen LogP contribution < -0.4 is 11.3 Å². The second-order valence-corrected chi connectivity index (χ2v) is 5.42. The second-order valence-electron chi connectivity index (χ2n) is 3.86. The van der Waals surface area contributed by atoms with E-state index >= 15 is 0 Å². The molecular formula is C9H14N5O6P. The number of anilines is 1. The fourth-order valence-corrected chi connectivity index (χ4v) is 1.90.